The molecule has 1 aromatic rings. The molecule has 4 heterocycles. The first-order valence-electron chi connectivity index (χ1n) is 11.9. The Morgan fingerprint density at radius 3 is 2.13 bits per heavy atom. The number of rotatable bonds is 5. The van der Waals surface area contributed by atoms with E-state index in [1.807, 2.05) is 18.5 Å². The highest BCUT2D eigenvalue weighted by Gasteiger charge is 2.27. The van der Waals surface area contributed by atoms with Crippen LogP contribution < -0.4 is 4.90 Å². The summed E-state index contributed by atoms with van der Waals surface area (Å²) in [4.78, 5) is 18.7. The maximum absolute atomic E-state index is 6.03. The maximum atomic E-state index is 6.03. The number of aromatic nitrogens is 2. The third-order valence-electron chi connectivity index (χ3n) is 6.26. The normalized spacial score (nSPS) is 25.0. The molecule has 0 radical (unpaired) electrons. The Labute approximate surface area is 183 Å². The van der Waals surface area contributed by atoms with Gasteiger partial charge in [-0.3, -0.25) is 4.90 Å². The monoisotopic (exact) mass is 418 g/mol. The van der Waals surface area contributed by atoms with Gasteiger partial charge < -0.3 is 19.4 Å². The highest BCUT2D eigenvalue weighted by molar-refractivity contribution is 5.29. The van der Waals surface area contributed by atoms with Crippen molar-refractivity contribution in [1.82, 2.24) is 24.7 Å². The Morgan fingerprint density at radius 2 is 1.50 bits per heavy atom. The number of piperazine rings is 1. The standard InChI is InChI=1S/C20H34N6O.C3H8/c1-23-7-3-18(4-8-23)15-24-9-11-25(12-10-24)16-19-17-26(13-14-27-19)20-21-5-2-6-22-20;1-3-2/h2,5-6,18-19H,3-4,7-17H2,1H3;3H2,1-2H3. The molecule has 0 bridgehead atoms. The Balaban J connectivity index is 0.000000806. The molecule has 170 valence electrons. The van der Waals surface area contributed by atoms with Crippen molar-refractivity contribution in [2.24, 2.45) is 5.92 Å². The third kappa shape index (κ3) is 7.45. The number of ether oxygens (including phenoxy) is 1. The average molecular weight is 419 g/mol. The van der Waals surface area contributed by atoms with Gasteiger partial charge in [0.15, 0.2) is 0 Å². The van der Waals surface area contributed by atoms with Crippen molar-refractivity contribution >= 4 is 5.95 Å². The Hall–Kier alpha value is -1.28. The van der Waals surface area contributed by atoms with Crippen LogP contribution in [0.1, 0.15) is 33.1 Å². The fraction of sp³-hybridized carbons (Fsp3) is 0.826. The van der Waals surface area contributed by atoms with E-state index < -0.39 is 0 Å². The van der Waals surface area contributed by atoms with Crippen molar-refractivity contribution < 1.29 is 4.74 Å². The first-order valence-corrected chi connectivity index (χ1v) is 11.9. The lowest BCUT2D eigenvalue weighted by Gasteiger charge is -2.40. The van der Waals surface area contributed by atoms with Gasteiger partial charge in [-0.2, -0.15) is 0 Å². The molecule has 4 rings (SSSR count). The smallest absolute Gasteiger partial charge is 0.225 e. The van der Waals surface area contributed by atoms with Gasteiger partial charge >= 0.3 is 0 Å². The van der Waals surface area contributed by atoms with Crippen molar-refractivity contribution in [3.63, 3.8) is 0 Å². The highest BCUT2D eigenvalue weighted by atomic mass is 16.5. The molecular formula is C23H42N6O. The van der Waals surface area contributed by atoms with Gasteiger partial charge in [-0.25, -0.2) is 9.97 Å². The number of hydrogen-bond acceptors (Lipinski definition) is 7. The number of hydrogen-bond donors (Lipinski definition) is 0. The average Bonchev–Trinajstić information content (AvgIpc) is 2.78. The van der Waals surface area contributed by atoms with E-state index in [0.717, 1.165) is 51.2 Å². The minimum absolute atomic E-state index is 0.253. The number of piperidine rings is 1. The van der Waals surface area contributed by atoms with Gasteiger partial charge in [-0.05, 0) is 45.0 Å². The van der Waals surface area contributed by atoms with Gasteiger partial charge in [0.25, 0.3) is 0 Å². The van der Waals surface area contributed by atoms with E-state index in [2.05, 4.69) is 50.5 Å². The Kier molecular flexibility index (Phi) is 9.78. The molecule has 3 aliphatic rings. The van der Waals surface area contributed by atoms with Gasteiger partial charge in [0.05, 0.1) is 12.7 Å². The van der Waals surface area contributed by atoms with Crippen LogP contribution in [0.5, 0.6) is 0 Å². The molecule has 0 spiro atoms. The minimum atomic E-state index is 0.253. The molecule has 1 aromatic heterocycles. The van der Waals surface area contributed by atoms with Crippen LogP contribution in [0.2, 0.25) is 0 Å². The number of anilines is 1. The van der Waals surface area contributed by atoms with Crippen molar-refractivity contribution in [2.75, 3.05) is 84.0 Å². The molecule has 3 aliphatic heterocycles. The molecule has 7 nitrogen and oxygen atoms in total. The van der Waals surface area contributed by atoms with Gasteiger partial charge in [-0.1, -0.05) is 20.3 Å². The van der Waals surface area contributed by atoms with Crippen molar-refractivity contribution in [3.05, 3.63) is 18.5 Å². The van der Waals surface area contributed by atoms with Crippen LogP contribution in [0.3, 0.4) is 0 Å². The molecule has 0 N–H and O–H groups in total. The molecular weight excluding hydrogens is 376 g/mol. The highest BCUT2D eigenvalue weighted by Crippen LogP contribution is 2.19. The predicted molar refractivity (Wildman–Crippen MR) is 123 cm³/mol. The molecule has 30 heavy (non-hydrogen) atoms. The summed E-state index contributed by atoms with van der Waals surface area (Å²) in [5.41, 5.74) is 0. The van der Waals surface area contributed by atoms with Crippen molar-refractivity contribution in [2.45, 2.75) is 39.2 Å². The Morgan fingerprint density at radius 1 is 0.900 bits per heavy atom. The summed E-state index contributed by atoms with van der Waals surface area (Å²) in [5, 5.41) is 0. The molecule has 1 atom stereocenters. The lowest BCUT2D eigenvalue weighted by molar-refractivity contribution is 0.00244. The summed E-state index contributed by atoms with van der Waals surface area (Å²) in [6.45, 7) is 16.4. The summed E-state index contributed by atoms with van der Waals surface area (Å²) in [7, 11) is 2.24. The minimum Gasteiger partial charge on any atom is -0.373 e. The summed E-state index contributed by atoms with van der Waals surface area (Å²) in [6, 6.07) is 1.87. The molecule has 0 aliphatic carbocycles. The Bertz CT molecular complexity index is 572. The number of likely N-dealkylation sites (tertiary alicyclic amines) is 1. The fourth-order valence-corrected chi connectivity index (χ4v) is 4.52. The van der Waals surface area contributed by atoms with E-state index in [9.17, 15) is 0 Å². The molecule has 3 saturated heterocycles. The molecule has 3 fully saturated rings. The molecule has 0 amide bonds. The first kappa shape index (κ1) is 23.4. The van der Waals surface area contributed by atoms with E-state index in [-0.39, 0.29) is 6.10 Å². The second-order valence-electron chi connectivity index (χ2n) is 9.04. The topological polar surface area (TPSA) is 48.0 Å². The van der Waals surface area contributed by atoms with Crippen LogP contribution in [0.15, 0.2) is 18.5 Å². The van der Waals surface area contributed by atoms with Gasteiger partial charge in [0.1, 0.15) is 0 Å². The summed E-state index contributed by atoms with van der Waals surface area (Å²) in [5.74, 6) is 1.72. The van der Waals surface area contributed by atoms with E-state index in [1.165, 1.54) is 52.0 Å². The van der Waals surface area contributed by atoms with E-state index in [0.29, 0.717) is 0 Å². The van der Waals surface area contributed by atoms with Crippen LogP contribution in [0.25, 0.3) is 0 Å². The summed E-state index contributed by atoms with van der Waals surface area (Å²) >= 11 is 0. The third-order valence-corrected chi connectivity index (χ3v) is 6.26. The quantitative estimate of drug-likeness (QED) is 0.725. The van der Waals surface area contributed by atoms with Gasteiger partial charge in [0, 0.05) is 64.8 Å². The molecule has 0 saturated carbocycles. The maximum Gasteiger partial charge on any atom is 0.225 e. The molecule has 0 aromatic carbocycles. The number of nitrogens with zero attached hydrogens (tertiary/aromatic N) is 6. The van der Waals surface area contributed by atoms with E-state index in [1.54, 1.807) is 0 Å². The molecule has 7 heteroatoms. The zero-order valence-electron chi connectivity index (χ0n) is 19.4. The van der Waals surface area contributed by atoms with Crippen LogP contribution in [-0.2, 0) is 4.74 Å². The van der Waals surface area contributed by atoms with Crippen LogP contribution in [0.4, 0.5) is 5.95 Å². The summed E-state index contributed by atoms with van der Waals surface area (Å²) < 4.78 is 6.03. The van der Waals surface area contributed by atoms with Gasteiger partial charge in [0.2, 0.25) is 5.95 Å². The zero-order chi connectivity index (χ0) is 21.2. The first-order chi connectivity index (χ1) is 14.7. The largest absolute Gasteiger partial charge is 0.373 e. The second kappa shape index (κ2) is 12.5. The van der Waals surface area contributed by atoms with Crippen molar-refractivity contribution in [1.29, 1.82) is 0 Å². The lowest BCUT2D eigenvalue weighted by atomic mass is 9.96. The second-order valence-corrected chi connectivity index (χ2v) is 9.04. The number of morpholine rings is 1. The predicted octanol–water partition coefficient (Wildman–Crippen LogP) is 2.06. The SMILES string of the molecule is CCC.CN1CCC(CN2CCN(CC3CN(c4ncccn4)CCO3)CC2)CC1. The summed E-state index contributed by atoms with van der Waals surface area (Å²) in [6.07, 6.45) is 7.86. The van der Waals surface area contributed by atoms with Crippen LogP contribution in [0, 0.1) is 5.92 Å². The fourth-order valence-electron chi connectivity index (χ4n) is 4.52. The van der Waals surface area contributed by atoms with Crippen LogP contribution in [-0.4, -0.2) is 110 Å². The van der Waals surface area contributed by atoms with Crippen LogP contribution >= 0.6 is 0 Å². The molecule has 1 unspecified atom stereocenters. The van der Waals surface area contributed by atoms with Crippen molar-refractivity contribution in [3.8, 4) is 0 Å². The lowest BCUT2D eigenvalue weighted by Crippen LogP contribution is -2.53. The zero-order valence-corrected chi connectivity index (χ0v) is 19.4. The van der Waals surface area contributed by atoms with E-state index in [4.69, 9.17) is 4.74 Å². The van der Waals surface area contributed by atoms with E-state index >= 15 is 0 Å². The van der Waals surface area contributed by atoms with Gasteiger partial charge in [-0.15, -0.1) is 0 Å².